The molecule has 2 rings (SSSR count). The molecule has 0 aliphatic carbocycles. The molecule has 0 aromatic heterocycles. The maximum absolute atomic E-state index is 13.6. The number of nitrogens with one attached hydrogen (secondary N) is 2. The SMILES string of the molecule is N#Cc1ccc(CNNc2ccccc2)c(F)c1F. The van der Waals surface area contributed by atoms with E-state index in [2.05, 4.69) is 10.9 Å². The minimum atomic E-state index is -1.11. The first-order chi connectivity index (χ1) is 9.22. The molecular formula is C14H11F2N3. The number of hydrogen-bond donors (Lipinski definition) is 2. The number of benzene rings is 2. The Hall–Kier alpha value is -2.45. The third-order valence-electron chi connectivity index (χ3n) is 2.57. The summed E-state index contributed by atoms with van der Waals surface area (Å²) < 4.78 is 26.9. The molecule has 2 aromatic carbocycles. The predicted octanol–water partition coefficient (Wildman–Crippen LogP) is 2.95. The monoisotopic (exact) mass is 259 g/mol. The molecule has 0 spiro atoms. The fraction of sp³-hybridized carbons (Fsp3) is 0.0714. The average Bonchev–Trinajstić information content (AvgIpc) is 2.45. The van der Waals surface area contributed by atoms with Crippen molar-refractivity contribution in [1.29, 1.82) is 5.26 Å². The highest BCUT2D eigenvalue weighted by atomic mass is 19.2. The van der Waals surface area contributed by atoms with Crippen LogP contribution in [0.25, 0.3) is 0 Å². The first kappa shape index (κ1) is 13.0. The molecule has 0 bridgehead atoms. The summed E-state index contributed by atoms with van der Waals surface area (Å²) in [7, 11) is 0. The van der Waals surface area contributed by atoms with Gasteiger partial charge < -0.3 is 5.43 Å². The van der Waals surface area contributed by atoms with Gasteiger partial charge >= 0.3 is 0 Å². The molecule has 0 aliphatic heterocycles. The van der Waals surface area contributed by atoms with Crippen molar-refractivity contribution < 1.29 is 8.78 Å². The van der Waals surface area contributed by atoms with E-state index in [-0.39, 0.29) is 17.7 Å². The Balaban J connectivity index is 2.01. The third kappa shape index (κ3) is 3.06. The lowest BCUT2D eigenvalue weighted by molar-refractivity contribution is 0.493. The fourth-order valence-electron chi connectivity index (χ4n) is 1.58. The van der Waals surface area contributed by atoms with Gasteiger partial charge in [-0.2, -0.15) is 5.26 Å². The van der Waals surface area contributed by atoms with Crippen molar-refractivity contribution in [3.05, 3.63) is 65.2 Å². The molecule has 0 radical (unpaired) electrons. The molecule has 0 heterocycles. The number of hydrogen-bond acceptors (Lipinski definition) is 3. The summed E-state index contributed by atoms with van der Waals surface area (Å²) in [6.45, 7) is 0.101. The lowest BCUT2D eigenvalue weighted by atomic mass is 10.1. The van der Waals surface area contributed by atoms with Crippen LogP contribution in [0, 0.1) is 23.0 Å². The number of nitrogens with zero attached hydrogens (tertiary/aromatic N) is 1. The zero-order valence-corrected chi connectivity index (χ0v) is 9.95. The average molecular weight is 259 g/mol. The zero-order chi connectivity index (χ0) is 13.7. The van der Waals surface area contributed by atoms with Crippen molar-refractivity contribution in [1.82, 2.24) is 5.43 Å². The highest BCUT2D eigenvalue weighted by Crippen LogP contribution is 2.15. The number of para-hydroxylation sites is 1. The van der Waals surface area contributed by atoms with Crippen LogP contribution in [-0.4, -0.2) is 0 Å². The van der Waals surface area contributed by atoms with E-state index >= 15 is 0 Å². The highest BCUT2D eigenvalue weighted by Gasteiger charge is 2.12. The summed E-state index contributed by atoms with van der Waals surface area (Å²) in [5, 5.41) is 8.57. The summed E-state index contributed by atoms with van der Waals surface area (Å²) in [4.78, 5) is 0. The first-order valence-electron chi connectivity index (χ1n) is 5.63. The summed E-state index contributed by atoms with van der Waals surface area (Å²) >= 11 is 0. The first-order valence-corrected chi connectivity index (χ1v) is 5.63. The molecule has 0 amide bonds. The van der Waals surface area contributed by atoms with E-state index < -0.39 is 11.6 Å². The zero-order valence-electron chi connectivity index (χ0n) is 9.95. The van der Waals surface area contributed by atoms with Gasteiger partial charge in [0, 0.05) is 17.8 Å². The van der Waals surface area contributed by atoms with Gasteiger partial charge in [-0.05, 0) is 18.2 Å². The van der Waals surface area contributed by atoms with Gasteiger partial charge in [0.15, 0.2) is 11.6 Å². The third-order valence-corrected chi connectivity index (χ3v) is 2.57. The van der Waals surface area contributed by atoms with E-state index in [0.717, 1.165) is 5.69 Å². The summed E-state index contributed by atoms with van der Waals surface area (Å²) in [5.74, 6) is -2.11. The summed E-state index contributed by atoms with van der Waals surface area (Å²) in [6.07, 6.45) is 0. The van der Waals surface area contributed by atoms with Crippen LogP contribution >= 0.6 is 0 Å². The highest BCUT2D eigenvalue weighted by molar-refractivity contribution is 5.41. The number of hydrazine groups is 1. The second kappa shape index (κ2) is 5.94. The minimum absolute atomic E-state index is 0.101. The Morgan fingerprint density at radius 1 is 1.00 bits per heavy atom. The smallest absolute Gasteiger partial charge is 0.176 e. The van der Waals surface area contributed by atoms with Crippen molar-refractivity contribution in [2.24, 2.45) is 0 Å². The van der Waals surface area contributed by atoms with Crippen LogP contribution in [0.2, 0.25) is 0 Å². The van der Waals surface area contributed by atoms with Crippen LogP contribution in [0.4, 0.5) is 14.5 Å². The maximum Gasteiger partial charge on any atom is 0.176 e. The van der Waals surface area contributed by atoms with Gasteiger partial charge in [0.25, 0.3) is 0 Å². The molecule has 2 aromatic rings. The molecule has 0 saturated carbocycles. The Labute approximate surface area is 109 Å². The molecule has 5 heteroatoms. The van der Waals surface area contributed by atoms with Crippen LogP contribution in [0.1, 0.15) is 11.1 Å². The minimum Gasteiger partial charge on any atom is -0.321 e. The second-order valence-electron chi connectivity index (χ2n) is 3.86. The van der Waals surface area contributed by atoms with Crippen LogP contribution in [0.15, 0.2) is 42.5 Å². The van der Waals surface area contributed by atoms with Crippen molar-refractivity contribution in [2.75, 3.05) is 5.43 Å². The largest absolute Gasteiger partial charge is 0.321 e. The number of halogens is 2. The fourth-order valence-corrected chi connectivity index (χ4v) is 1.58. The van der Waals surface area contributed by atoms with Gasteiger partial charge in [-0.15, -0.1) is 0 Å². The molecule has 96 valence electrons. The molecule has 0 saturated heterocycles. The quantitative estimate of drug-likeness (QED) is 0.830. The van der Waals surface area contributed by atoms with Crippen LogP contribution in [-0.2, 0) is 6.54 Å². The van der Waals surface area contributed by atoms with E-state index in [9.17, 15) is 8.78 Å². The molecule has 0 fully saturated rings. The van der Waals surface area contributed by atoms with Gasteiger partial charge in [-0.1, -0.05) is 24.3 Å². The van der Waals surface area contributed by atoms with Crippen LogP contribution < -0.4 is 10.9 Å². The van der Waals surface area contributed by atoms with Crippen molar-refractivity contribution >= 4 is 5.69 Å². The summed E-state index contributed by atoms with van der Waals surface area (Å²) in [5.41, 5.74) is 6.32. The molecule has 2 N–H and O–H groups in total. The van der Waals surface area contributed by atoms with Crippen molar-refractivity contribution in [3.63, 3.8) is 0 Å². The van der Waals surface area contributed by atoms with E-state index in [1.54, 1.807) is 6.07 Å². The van der Waals surface area contributed by atoms with Crippen molar-refractivity contribution in [3.8, 4) is 6.07 Å². The topological polar surface area (TPSA) is 47.9 Å². The summed E-state index contributed by atoms with van der Waals surface area (Å²) in [6, 6.07) is 13.5. The normalized spacial score (nSPS) is 9.95. The van der Waals surface area contributed by atoms with Gasteiger partial charge in [0.1, 0.15) is 6.07 Å². The number of rotatable bonds is 4. The molecule has 3 nitrogen and oxygen atoms in total. The van der Waals surface area contributed by atoms with Gasteiger partial charge in [-0.25, -0.2) is 14.2 Å². The molecule has 19 heavy (non-hydrogen) atoms. The Morgan fingerprint density at radius 3 is 2.42 bits per heavy atom. The van der Waals surface area contributed by atoms with E-state index in [1.807, 2.05) is 30.3 Å². The van der Waals surface area contributed by atoms with Crippen LogP contribution in [0.5, 0.6) is 0 Å². The standard InChI is InChI=1S/C14H11F2N3/c15-13-10(8-17)6-7-11(14(13)16)9-18-19-12-4-2-1-3-5-12/h1-7,18-19H,9H2. The lowest BCUT2D eigenvalue weighted by Crippen LogP contribution is -2.21. The molecule has 0 atom stereocenters. The Bertz CT molecular complexity index is 606. The lowest BCUT2D eigenvalue weighted by Gasteiger charge is -2.09. The Morgan fingerprint density at radius 2 is 1.74 bits per heavy atom. The van der Waals surface area contributed by atoms with Gasteiger partial charge in [0.2, 0.25) is 0 Å². The van der Waals surface area contributed by atoms with E-state index in [1.165, 1.54) is 12.1 Å². The molecule has 0 unspecified atom stereocenters. The second-order valence-corrected chi connectivity index (χ2v) is 3.86. The number of nitriles is 1. The van der Waals surface area contributed by atoms with Gasteiger partial charge in [-0.3, -0.25) is 0 Å². The van der Waals surface area contributed by atoms with E-state index in [4.69, 9.17) is 5.26 Å². The number of anilines is 1. The van der Waals surface area contributed by atoms with Gasteiger partial charge in [0.05, 0.1) is 5.56 Å². The van der Waals surface area contributed by atoms with Crippen molar-refractivity contribution in [2.45, 2.75) is 6.54 Å². The Kier molecular flexibility index (Phi) is 4.06. The van der Waals surface area contributed by atoms with Crippen LogP contribution in [0.3, 0.4) is 0 Å². The maximum atomic E-state index is 13.6. The molecular weight excluding hydrogens is 248 g/mol. The van der Waals surface area contributed by atoms with E-state index in [0.29, 0.717) is 0 Å². The molecule has 0 aliphatic rings. The predicted molar refractivity (Wildman–Crippen MR) is 68.0 cm³/mol.